The topological polar surface area (TPSA) is 69.7 Å². The molecule has 2 saturated heterocycles. The highest BCUT2D eigenvalue weighted by Gasteiger charge is 2.34. The summed E-state index contributed by atoms with van der Waals surface area (Å²) in [7, 11) is 0. The summed E-state index contributed by atoms with van der Waals surface area (Å²) < 4.78 is 0. The highest BCUT2D eigenvalue weighted by atomic mass is 32.2. The number of amides is 3. The zero-order valence-corrected chi connectivity index (χ0v) is 20.6. The van der Waals surface area contributed by atoms with Crippen LogP contribution in [0.15, 0.2) is 29.2 Å². The Labute approximate surface area is 195 Å². The predicted octanol–water partition coefficient (Wildman–Crippen LogP) is 4.11. The highest BCUT2D eigenvalue weighted by molar-refractivity contribution is 8.18. The van der Waals surface area contributed by atoms with Gasteiger partial charge in [0, 0.05) is 26.2 Å². The summed E-state index contributed by atoms with van der Waals surface area (Å²) in [5.41, 5.74) is 2.17. The molecule has 1 N–H and O–H groups in total. The van der Waals surface area contributed by atoms with Crippen molar-refractivity contribution in [1.82, 2.24) is 15.1 Å². The van der Waals surface area contributed by atoms with Gasteiger partial charge < -0.3 is 5.32 Å². The first-order valence-corrected chi connectivity index (χ1v) is 12.2. The van der Waals surface area contributed by atoms with Gasteiger partial charge in [-0.2, -0.15) is 0 Å². The lowest BCUT2D eigenvalue weighted by molar-refractivity contribution is -0.125. The third-order valence-electron chi connectivity index (χ3n) is 5.92. The van der Waals surface area contributed by atoms with Crippen molar-refractivity contribution in [3.63, 3.8) is 0 Å². The Bertz CT molecular complexity index is 879. The molecule has 2 heterocycles. The van der Waals surface area contributed by atoms with E-state index in [9.17, 15) is 14.4 Å². The Morgan fingerprint density at radius 1 is 1.12 bits per heavy atom. The molecule has 0 saturated carbocycles. The van der Waals surface area contributed by atoms with E-state index < -0.39 is 0 Å². The van der Waals surface area contributed by atoms with Crippen molar-refractivity contribution in [1.29, 1.82) is 0 Å². The van der Waals surface area contributed by atoms with E-state index in [0.29, 0.717) is 23.3 Å². The molecule has 32 heavy (non-hydrogen) atoms. The SMILES string of the molecule is C[C@@H]1C[C@H](C)CN(CC(=O)NCCN2C(=O)S/C(=C\c3ccc(C(C)(C)C)cc3)C2=O)C1. The van der Waals surface area contributed by atoms with Crippen molar-refractivity contribution < 1.29 is 14.4 Å². The fraction of sp³-hybridized carbons (Fsp3) is 0.560. The van der Waals surface area contributed by atoms with Gasteiger partial charge >= 0.3 is 0 Å². The second-order valence-electron chi connectivity index (χ2n) is 10.2. The molecular weight excluding hydrogens is 422 g/mol. The molecule has 3 rings (SSSR count). The zero-order chi connectivity index (χ0) is 23.5. The largest absolute Gasteiger partial charge is 0.353 e. The maximum atomic E-state index is 12.7. The normalized spacial score (nSPS) is 23.8. The maximum absolute atomic E-state index is 12.7. The standard InChI is InChI=1S/C25H35N3O3S/c1-17-12-18(2)15-27(14-17)16-22(29)26-10-11-28-23(30)21(32-24(28)31)13-19-6-8-20(9-7-19)25(3,4)5/h6-9,13,17-18H,10-12,14-16H2,1-5H3,(H,26,29)/b21-13-/t17-,18+. The number of thioether (sulfide) groups is 1. The lowest BCUT2D eigenvalue weighted by Gasteiger charge is -2.34. The van der Waals surface area contributed by atoms with Crippen molar-refractivity contribution in [2.24, 2.45) is 11.8 Å². The van der Waals surface area contributed by atoms with Crippen LogP contribution in [0.1, 0.15) is 52.2 Å². The number of hydrogen-bond donors (Lipinski definition) is 1. The minimum Gasteiger partial charge on any atom is -0.353 e. The molecule has 0 aliphatic carbocycles. The van der Waals surface area contributed by atoms with Crippen molar-refractivity contribution >= 4 is 34.9 Å². The Kier molecular flexibility index (Phi) is 7.83. The molecule has 0 aromatic heterocycles. The van der Waals surface area contributed by atoms with Gasteiger partial charge in [-0.3, -0.25) is 24.2 Å². The number of carbonyl (C=O) groups is 3. The lowest BCUT2D eigenvalue weighted by atomic mass is 9.87. The number of nitrogens with zero attached hydrogens (tertiary/aromatic N) is 2. The summed E-state index contributed by atoms with van der Waals surface area (Å²) in [6.07, 6.45) is 2.96. The van der Waals surface area contributed by atoms with E-state index in [0.717, 1.165) is 30.4 Å². The van der Waals surface area contributed by atoms with Crippen LogP contribution in [-0.4, -0.2) is 59.6 Å². The lowest BCUT2D eigenvalue weighted by Crippen LogP contribution is -2.46. The van der Waals surface area contributed by atoms with Crippen LogP contribution in [-0.2, 0) is 15.0 Å². The number of hydrogen-bond acceptors (Lipinski definition) is 5. The number of imide groups is 1. The number of nitrogens with one attached hydrogen (secondary N) is 1. The fourth-order valence-electron chi connectivity index (χ4n) is 4.41. The van der Waals surface area contributed by atoms with Gasteiger partial charge in [-0.25, -0.2) is 0 Å². The van der Waals surface area contributed by atoms with E-state index in [1.54, 1.807) is 6.08 Å². The number of piperidine rings is 1. The van der Waals surface area contributed by atoms with Crippen LogP contribution in [0.2, 0.25) is 0 Å². The predicted molar refractivity (Wildman–Crippen MR) is 130 cm³/mol. The Balaban J connectivity index is 1.50. The first kappa shape index (κ1) is 24.5. The van der Waals surface area contributed by atoms with E-state index in [-0.39, 0.29) is 35.6 Å². The average molecular weight is 458 g/mol. The van der Waals surface area contributed by atoms with E-state index in [4.69, 9.17) is 0 Å². The van der Waals surface area contributed by atoms with Crippen LogP contribution in [0.4, 0.5) is 4.79 Å². The van der Waals surface area contributed by atoms with Gasteiger partial charge in [-0.15, -0.1) is 0 Å². The summed E-state index contributed by atoms with van der Waals surface area (Å²) >= 11 is 0.952. The van der Waals surface area contributed by atoms with Gasteiger partial charge in [0.25, 0.3) is 11.1 Å². The number of rotatable bonds is 6. The van der Waals surface area contributed by atoms with Gasteiger partial charge in [0.1, 0.15) is 0 Å². The van der Waals surface area contributed by atoms with Crippen LogP contribution >= 0.6 is 11.8 Å². The molecule has 3 amide bonds. The van der Waals surface area contributed by atoms with Crippen molar-refractivity contribution in [2.45, 2.75) is 46.5 Å². The second kappa shape index (κ2) is 10.2. The molecule has 6 nitrogen and oxygen atoms in total. The van der Waals surface area contributed by atoms with Crippen LogP contribution in [0.25, 0.3) is 6.08 Å². The first-order valence-electron chi connectivity index (χ1n) is 11.4. The molecule has 1 aromatic carbocycles. The molecule has 1 aromatic rings. The molecule has 2 aliphatic rings. The molecule has 7 heteroatoms. The van der Waals surface area contributed by atoms with Crippen molar-refractivity contribution in [3.05, 3.63) is 40.3 Å². The summed E-state index contributed by atoms with van der Waals surface area (Å²) in [5.74, 6) is 0.831. The van der Waals surface area contributed by atoms with E-state index >= 15 is 0 Å². The van der Waals surface area contributed by atoms with E-state index in [2.05, 4.69) is 57.0 Å². The molecule has 174 valence electrons. The minimum atomic E-state index is -0.298. The van der Waals surface area contributed by atoms with E-state index in [1.807, 2.05) is 12.1 Å². The molecule has 0 bridgehead atoms. The monoisotopic (exact) mass is 457 g/mol. The van der Waals surface area contributed by atoms with Gasteiger partial charge in [-0.1, -0.05) is 58.9 Å². The van der Waals surface area contributed by atoms with Crippen molar-refractivity contribution in [2.75, 3.05) is 32.7 Å². The number of likely N-dealkylation sites (tertiary alicyclic amines) is 1. The molecule has 0 spiro atoms. The van der Waals surface area contributed by atoms with Gasteiger partial charge in [-0.05, 0) is 52.6 Å². The summed E-state index contributed by atoms with van der Waals surface area (Å²) in [6.45, 7) is 13.6. The molecule has 2 atom stereocenters. The highest BCUT2D eigenvalue weighted by Crippen LogP contribution is 2.32. The Hall–Kier alpha value is -2.12. The molecule has 2 fully saturated rings. The van der Waals surface area contributed by atoms with Crippen LogP contribution in [0, 0.1) is 11.8 Å². The molecular formula is C25H35N3O3S. The average Bonchev–Trinajstić information content (AvgIpc) is 2.94. The first-order chi connectivity index (χ1) is 15.0. The third-order valence-corrected chi connectivity index (χ3v) is 6.82. The zero-order valence-electron chi connectivity index (χ0n) is 19.8. The molecule has 0 unspecified atom stereocenters. The number of benzene rings is 1. The third kappa shape index (κ3) is 6.45. The van der Waals surface area contributed by atoms with Gasteiger partial charge in [0.15, 0.2) is 0 Å². The van der Waals surface area contributed by atoms with Crippen LogP contribution < -0.4 is 5.32 Å². The van der Waals surface area contributed by atoms with E-state index in [1.165, 1.54) is 16.9 Å². The van der Waals surface area contributed by atoms with Crippen molar-refractivity contribution in [3.8, 4) is 0 Å². The Morgan fingerprint density at radius 3 is 2.34 bits per heavy atom. The maximum Gasteiger partial charge on any atom is 0.293 e. The minimum absolute atomic E-state index is 0.0608. The summed E-state index contributed by atoms with van der Waals surface area (Å²) in [4.78, 5) is 41.2. The quantitative estimate of drug-likeness (QED) is 0.651. The molecule has 2 aliphatic heterocycles. The number of carbonyl (C=O) groups excluding carboxylic acids is 3. The smallest absolute Gasteiger partial charge is 0.293 e. The van der Waals surface area contributed by atoms with Crippen LogP contribution in [0.3, 0.4) is 0 Å². The van der Waals surface area contributed by atoms with Gasteiger partial charge in [0.2, 0.25) is 5.91 Å². The second-order valence-corrected chi connectivity index (χ2v) is 11.2. The fourth-order valence-corrected chi connectivity index (χ4v) is 5.28. The summed E-state index contributed by atoms with van der Waals surface area (Å²) in [5, 5.41) is 2.57. The van der Waals surface area contributed by atoms with Crippen LogP contribution in [0.5, 0.6) is 0 Å². The molecule has 0 radical (unpaired) electrons. The Morgan fingerprint density at radius 2 is 1.75 bits per heavy atom. The van der Waals surface area contributed by atoms with Gasteiger partial charge in [0.05, 0.1) is 11.4 Å². The summed E-state index contributed by atoms with van der Waals surface area (Å²) in [6, 6.07) is 8.04.